The molecule has 0 aliphatic carbocycles. The van der Waals surface area contributed by atoms with Crippen LogP contribution in [0.3, 0.4) is 0 Å². The Bertz CT molecular complexity index is 1000. The van der Waals surface area contributed by atoms with Crippen LogP contribution < -0.4 is 0 Å². The van der Waals surface area contributed by atoms with Gasteiger partial charge in [0.25, 0.3) is 0 Å². The van der Waals surface area contributed by atoms with Crippen LogP contribution in [-0.4, -0.2) is 27.4 Å². The molecule has 0 bridgehead atoms. The summed E-state index contributed by atoms with van der Waals surface area (Å²) in [5.74, 6) is 0.627. The number of hydrogen-bond acceptors (Lipinski definition) is 2. The molecule has 2 aromatic heterocycles. The van der Waals surface area contributed by atoms with E-state index in [1.807, 2.05) is 0 Å². The first-order valence-electron chi connectivity index (χ1n) is 10.7. The molecule has 0 unspecified atom stereocenters. The Morgan fingerprint density at radius 3 is 2.55 bits per heavy atom. The van der Waals surface area contributed by atoms with Crippen molar-refractivity contribution in [3.05, 3.63) is 84.4 Å². The van der Waals surface area contributed by atoms with E-state index < -0.39 is 0 Å². The van der Waals surface area contributed by atoms with Gasteiger partial charge in [-0.1, -0.05) is 61.1 Å². The van der Waals surface area contributed by atoms with Gasteiger partial charge < -0.3 is 4.40 Å². The molecule has 1 fully saturated rings. The van der Waals surface area contributed by atoms with E-state index in [1.165, 1.54) is 35.1 Å². The minimum atomic E-state index is 0.627. The number of nitrogens with zero attached hydrogens (tertiary/aromatic N) is 3. The lowest BCUT2D eigenvalue weighted by Gasteiger charge is -2.32. The predicted molar refractivity (Wildman–Crippen MR) is 122 cm³/mol. The third-order valence-electron chi connectivity index (χ3n) is 6.10. The van der Waals surface area contributed by atoms with Crippen LogP contribution in [0.2, 0.25) is 0 Å². The predicted octanol–water partition coefficient (Wildman–Crippen LogP) is 6.13. The van der Waals surface area contributed by atoms with Gasteiger partial charge in [-0.15, -0.1) is 0 Å². The first kappa shape index (κ1) is 19.7. The number of fused-ring (bicyclic) bond motifs is 1. The summed E-state index contributed by atoms with van der Waals surface area (Å²) in [6, 6.07) is 14.8. The topological polar surface area (TPSA) is 20.5 Å². The molecule has 150 valence electrons. The van der Waals surface area contributed by atoms with E-state index in [0.717, 1.165) is 37.4 Å². The molecule has 0 N–H and O–H groups in total. The lowest BCUT2D eigenvalue weighted by atomic mass is 9.89. The third kappa shape index (κ3) is 4.68. The molecule has 0 atom stereocenters. The van der Waals surface area contributed by atoms with Crippen molar-refractivity contribution in [2.24, 2.45) is 5.92 Å². The molecule has 3 heteroatoms. The van der Waals surface area contributed by atoms with Crippen molar-refractivity contribution in [1.82, 2.24) is 14.3 Å². The van der Waals surface area contributed by atoms with Crippen molar-refractivity contribution >= 4 is 5.65 Å². The molecular weight excluding hydrogens is 354 g/mol. The number of benzene rings is 1. The molecule has 4 rings (SSSR count). The van der Waals surface area contributed by atoms with Gasteiger partial charge in [-0.25, -0.2) is 4.98 Å². The third-order valence-corrected chi connectivity index (χ3v) is 6.10. The number of allylic oxidation sites excluding steroid dienone is 3. The van der Waals surface area contributed by atoms with Crippen LogP contribution in [0.15, 0.2) is 78.7 Å². The summed E-state index contributed by atoms with van der Waals surface area (Å²) in [6.45, 7) is 11.9. The zero-order valence-electron chi connectivity index (χ0n) is 17.6. The smallest absolute Gasteiger partial charge is 0.137 e. The van der Waals surface area contributed by atoms with Crippen LogP contribution in [0.1, 0.15) is 38.8 Å². The van der Waals surface area contributed by atoms with Crippen LogP contribution in [0.4, 0.5) is 0 Å². The number of piperidine rings is 1. The van der Waals surface area contributed by atoms with Crippen LogP contribution in [0.25, 0.3) is 16.8 Å². The Labute approximate surface area is 174 Å². The molecule has 1 aromatic carbocycles. The second-order valence-electron chi connectivity index (χ2n) is 8.25. The highest BCUT2D eigenvalue weighted by atomic mass is 15.1. The number of aromatic nitrogens is 2. The minimum absolute atomic E-state index is 0.627. The Kier molecular flexibility index (Phi) is 5.96. The molecule has 0 saturated carbocycles. The lowest BCUT2D eigenvalue weighted by molar-refractivity contribution is 0.191. The monoisotopic (exact) mass is 385 g/mol. The van der Waals surface area contributed by atoms with Crippen molar-refractivity contribution < 1.29 is 0 Å². The van der Waals surface area contributed by atoms with Gasteiger partial charge in [-0.05, 0) is 68.5 Å². The van der Waals surface area contributed by atoms with E-state index in [1.54, 1.807) is 0 Å². The fraction of sp³-hybridized carbons (Fsp3) is 0.346. The summed E-state index contributed by atoms with van der Waals surface area (Å²) in [4.78, 5) is 7.37. The maximum atomic E-state index is 4.84. The number of pyridine rings is 1. The molecular formula is C26H31N3. The van der Waals surface area contributed by atoms with Crippen molar-refractivity contribution in [1.29, 1.82) is 0 Å². The van der Waals surface area contributed by atoms with E-state index in [2.05, 4.69) is 90.7 Å². The summed E-state index contributed by atoms with van der Waals surface area (Å²) >= 11 is 0. The van der Waals surface area contributed by atoms with Gasteiger partial charge in [0.1, 0.15) is 5.65 Å². The van der Waals surface area contributed by atoms with E-state index in [0.29, 0.717) is 5.92 Å². The Morgan fingerprint density at radius 1 is 1.07 bits per heavy atom. The molecule has 0 amide bonds. The maximum Gasteiger partial charge on any atom is 0.137 e. The summed E-state index contributed by atoms with van der Waals surface area (Å²) in [5, 5.41) is 0. The van der Waals surface area contributed by atoms with E-state index in [9.17, 15) is 0 Å². The quantitative estimate of drug-likeness (QED) is 0.476. The second kappa shape index (κ2) is 8.79. The van der Waals surface area contributed by atoms with Crippen molar-refractivity contribution in [3.8, 4) is 11.1 Å². The Balaban J connectivity index is 1.40. The average Bonchev–Trinajstić information content (AvgIpc) is 3.16. The van der Waals surface area contributed by atoms with Gasteiger partial charge in [0.15, 0.2) is 0 Å². The normalized spacial score (nSPS) is 16.4. The molecule has 3 aromatic rings. The lowest BCUT2D eigenvalue weighted by Crippen LogP contribution is -2.33. The first-order chi connectivity index (χ1) is 14.1. The molecule has 3 nitrogen and oxygen atoms in total. The van der Waals surface area contributed by atoms with Crippen molar-refractivity contribution in [2.45, 2.75) is 39.7 Å². The standard InChI is InChI=1S/C26H31N3/c1-4-20(2)16-21(3)22-12-14-28(15-13-22)18-25-19-29-17-24(10-11-26(29)27-25)23-8-6-5-7-9-23/h5-11,16-17,19,22H,3-4,12-15,18H2,1-2H3/b20-16+. The average molecular weight is 386 g/mol. The zero-order valence-corrected chi connectivity index (χ0v) is 17.6. The number of rotatable bonds is 6. The van der Waals surface area contributed by atoms with Gasteiger partial charge in [0.2, 0.25) is 0 Å². The minimum Gasteiger partial charge on any atom is -0.306 e. The van der Waals surface area contributed by atoms with Crippen LogP contribution in [0.5, 0.6) is 0 Å². The summed E-state index contributed by atoms with van der Waals surface area (Å²) < 4.78 is 2.16. The summed E-state index contributed by atoms with van der Waals surface area (Å²) in [6.07, 6.45) is 10.2. The second-order valence-corrected chi connectivity index (χ2v) is 8.25. The van der Waals surface area contributed by atoms with Crippen LogP contribution in [-0.2, 0) is 6.54 Å². The summed E-state index contributed by atoms with van der Waals surface area (Å²) in [7, 11) is 0. The van der Waals surface area contributed by atoms with Gasteiger partial charge in [0.05, 0.1) is 5.69 Å². The largest absolute Gasteiger partial charge is 0.306 e. The Morgan fingerprint density at radius 2 is 1.83 bits per heavy atom. The highest BCUT2D eigenvalue weighted by Crippen LogP contribution is 2.27. The fourth-order valence-corrected chi connectivity index (χ4v) is 4.15. The van der Waals surface area contributed by atoms with Gasteiger partial charge in [0, 0.05) is 18.9 Å². The first-order valence-corrected chi connectivity index (χ1v) is 10.7. The summed E-state index contributed by atoms with van der Waals surface area (Å²) in [5.41, 5.74) is 7.36. The van der Waals surface area contributed by atoms with E-state index in [-0.39, 0.29) is 0 Å². The molecule has 0 radical (unpaired) electrons. The Hall–Kier alpha value is -2.65. The van der Waals surface area contributed by atoms with Crippen molar-refractivity contribution in [2.75, 3.05) is 13.1 Å². The van der Waals surface area contributed by atoms with Gasteiger partial charge in [-0.2, -0.15) is 0 Å². The zero-order chi connectivity index (χ0) is 20.2. The van der Waals surface area contributed by atoms with Gasteiger partial charge in [-0.3, -0.25) is 4.90 Å². The molecule has 1 saturated heterocycles. The molecule has 29 heavy (non-hydrogen) atoms. The molecule has 3 heterocycles. The molecule has 0 spiro atoms. The van der Waals surface area contributed by atoms with Crippen molar-refractivity contribution in [3.63, 3.8) is 0 Å². The maximum absolute atomic E-state index is 4.84. The number of hydrogen-bond donors (Lipinski definition) is 0. The van der Waals surface area contributed by atoms with E-state index >= 15 is 0 Å². The fourth-order valence-electron chi connectivity index (χ4n) is 4.15. The number of imidazole rings is 1. The highest BCUT2D eigenvalue weighted by molar-refractivity contribution is 5.64. The SMILES string of the molecule is C=C(/C=C(\C)CC)C1CCN(Cc2cn3cc(-c4ccccc4)ccc3n2)CC1. The highest BCUT2D eigenvalue weighted by Gasteiger charge is 2.21. The number of likely N-dealkylation sites (tertiary alicyclic amines) is 1. The van der Waals surface area contributed by atoms with E-state index in [4.69, 9.17) is 4.98 Å². The molecule has 1 aliphatic rings. The van der Waals surface area contributed by atoms with Crippen LogP contribution in [0, 0.1) is 5.92 Å². The van der Waals surface area contributed by atoms with Gasteiger partial charge >= 0.3 is 0 Å². The van der Waals surface area contributed by atoms with Crippen LogP contribution >= 0.6 is 0 Å². The molecule has 1 aliphatic heterocycles.